The zero-order chi connectivity index (χ0) is 14.4. The number of nitrogens with zero attached hydrogens (tertiary/aromatic N) is 1. The molecule has 1 unspecified atom stereocenters. The molecular weight excluding hydrogens is 252 g/mol. The molecule has 0 aliphatic carbocycles. The lowest BCUT2D eigenvalue weighted by atomic mass is 10.1. The maximum Gasteiger partial charge on any atom is 0.253 e. The first-order valence-corrected chi connectivity index (χ1v) is 6.58. The zero-order valence-corrected chi connectivity index (χ0v) is 11.4. The molecule has 20 heavy (non-hydrogen) atoms. The van der Waals surface area contributed by atoms with Crippen molar-refractivity contribution in [2.24, 2.45) is 0 Å². The molecule has 1 aromatic heterocycles. The van der Waals surface area contributed by atoms with Crippen molar-refractivity contribution in [1.29, 1.82) is 0 Å². The molecular formula is C16H18N2O2. The summed E-state index contributed by atoms with van der Waals surface area (Å²) in [7, 11) is 0. The third-order valence-electron chi connectivity index (χ3n) is 3.19. The molecule has 0 aliphatic rings. The number of rotatable bonds is 5. The van der Waals surface area contributed by atoms with Gasteiger partial charge in [0.15, 0.2) is 6.10 Å². The van der Waals surface area contributed by atoms with Crippen LogP contribution in [0.25, 0.3) is 0 Å². The number of aryl methyl sites for hydroxylation is 1. The normalized spacial score (nSPS) is 11.9. The van der Waals surface area contributed by atoms with Gasteiger partial charge in [0, 0.05) is 18.9 Å². The van der Waals surface area contributed by atoms with Crippen molar-refractivity contribution in [3.8, 4) is 0 Å². The SMILES string of the molecule is Cc1cnccc1CCNC(=O)C(O)c1ccccc1. The van der Waals surface area contributed by atoms with Crippen LogP contribution in [0.5, 0.6) is 0 Å². The molecule has 1 amide bonds. The van der Waals surface area contributed by atoms with E-state index in [-0.39, 0.29) is 5.91 Å². The Hall–Kier alpha value is -2.20. The van der Waals surface area contributed by atoms with Crippen LogP contribution in [-0.4, -0.2) is 22.5 Å². The molecule has 1 aromatic carbocycles. The highest BCUT2D eigenvalue weighted by atomic mass is 16.3. The standard InChI is InChI=1S/C16H18N2O2/c1-12-11-17-9-7-13(12)8-10-18-16(20)15(19)14-5-3-2-4-6-14/h2-7,9,11,15,19H,8,10H2,1H3,(H,18,20). The summed E-state index contributed by atoms with van der Waals surface area (Å²) in [6.45, 7) is 2.48. The average Bonchev–Trinajstić information content (AvgIpc) is 2.49. The first kappa shape index (κ1) is 14.2. The number of hydrogen-bond acceptors (Lipinski definition) is 3. The predicted molar refractivity (Wildman–Crippen MR) is 77.1 cm³/mol. The van der Waals surface area contributed by atoms with Crippen molar-refractivity contribution in [1.82, 2.24) is 10.3 Å². The van der Waals surface area contributed by atoms with Crippen LogP contribution in [0.15, 0.2) is 48.8 Å². The van der Waals surface area contributed by atoms with E-state index in [1.165, 1.54) is 0 Å². The Kier molecular flexibility index (Phi) is 4.85. The Balaban J connectivity index is 1.85. The Morgan fingerprint density at radius 2 is 2.05 bits per heavy atom. The third kappa shape index (κ3) is 3.65. The number of hydrogen-bond donors (Lipinski definition) is 2. The number of benzene rings is 1. The van der Waals surface area contributed by atoms with Crippen molar-refractivity contribution < 1.29 is 9.90 Å². The van der Waals surface area contributed by atoms with Gasteiger partial charge >= 0.3 is 0 Å². The van der Waals surface area contributed by atoms with Crippen molar-refractivity contribution >= 4 is 5.91 Å². The Morgan fingerprint density at radius 1 is 1.30 bits per heavy atom. The molecule has 0 saturated heterocycles. The number of pyridine rings is 1. The second-order valence-corrected chi connectivity index (χ2v) is 4.66. The van der Waals surface area contributed by atoms with Crippen LogP contribution in [0.1, 0.15) is 22.8 Å². The number of carbonyl (C=O) groups is 1. The van der Waals surface area contributed by atoms with Gasteiger partial charge in [-0.1, -0.05) is 30.3 Å². The number of nitrogens with one attached hydrogen (secondary N) is 1. The van der Waals surface area contributed by atoms with Gasteiger partial charge in [0.2, 0.25) is 0 Å². The van der Waals surface area contributed by atoms with Crippen LogP contribution < -0.4 is 5.32 Å². The van der Waals surface area contributed by atoms with Crippen molar-refractivity contribution in [3.05, 3.63) is 65.5 Å². The highest BCUT2D eigenvalue weighted by molar-refractivity contribution is 5.81. The van der Waals surface area contributed by atoms with Gasteiger partial charge in [-0.15, -0.1) is 0 Å². The molecule has 4 heteroatoms. The van der Waals surface area contributed by atoms with Crippen LogP contribution in [0.3, 0.4) is 0 Å². The summed E-state index contributed by atoms with van der Waals surface area (Å²) in [4.78, 5) is 15.9. The molecule has 0 saturated carbocycles. The quantitative estimate of drug-likeness (QED) is 0.870. The van der Waals surface area contributed by atoms with Crippen molar-refractivity contribution in [2.75, 3.05) is 6.54 Å². The molecule has 104 valence electrons. The van der Waals surface area contributed by atoms with Gasteiger partial charge < -0.3 is 10.4 Å². The van der Waals surface area contributed by atoms with Crippen LogP contribution in [-0.2, 0) is 11.2 Å². The van der Waals surface area contributed by atoms with E-state index < -0.39 is 6.10 Å². The number of aliphatic hydroxyl groups excluding tert-OH is 1. The second kappa shape index (κ2) is 6.82. The van der Waals surface area contributed by atoms with Gasteiger partial charge in [0.05, 0.1) is 0 Å². The molecule has 2 rings (SSSR count). The minimum Gasteiger partial charge on any atom is -0.378 e. The Bertz CT molecular complexity index is 570. The lowest BCUT2D eigenvalue weighted by Gasteiger charge is -2.12. The summed E-state index contributed by atoms with van der Waals surface area (Å²) < 4.78 is 0. The van der Waals surface area contributed by atoms with Crippen LogP contribution in [0.2, 0.25) is 0 Å². The van der Waals surface area contributed by atoms with Gasteiger partial charge in [-0.3, -0.25) is 9.78 Å². The van der Waals surface area contributed by atoms with Crippen molar-refractivity contribution in [2.45, 2.75) is 19.4 Å². The summed E-state index contributed by atoms with van der Waals surface area (Å²) in [5.41, 5.74) is 2.85. The molecule has 0 spiro atoms. The average molecular weight is 270 g/mol. The molecule has 2 aromatic rings. The largest absolute Gasteiger partial charge is 0.378 e. The minimum absolute atomic E-state index is 0.372. The lowest BCUT2D eigenvalue weighted by molar-refractivity contribution is -0.129. The minimum atomic E-state index is -1.12. The van der Waals surface area contributed by atoms with E-state index >= 15 is 0 Å². The highest BCUT2D eigenvalue weighted by Crippen LogP contribution is 2.12. The van der Waals surface area contributed by atoms with Gasteiger partial charge in [0.25, 0.3) is 5.91 Å². The molecule has 4 nitrogen and oxygen atoms in total. The first-order chi connectivity index (χ1) is 9.68. The number of aromatic nitrogens is 1. The maximum absolute atomic E-state index is 11.8. The maximum atomic E-state index is 11.8. The van der Waals surface area contributed by atoms with E-state index in [9.17, 15) is 9.90 Å². The zero-order valence-electron chi connectivity index (χ0n) is 11.4. The van der Waals surface area contributed by atoms with Crippen LogP contribution in [0, 0.1) is 6.92 Å². The smallest absolute Gasteiger partial charge is 0.253 e. The van der Waals surface area contributed by atoms with Crippen molar-refractivity contribution in [3.63, 3.8) is 0 Å². The Labute approximate surface area is 118 Å². The van der Waals surface area contributed by atoms with E-state index in [1.807, 2.05) is 19.1 Å². The summed E-state index contributed by atoms with van der Waals surface area (Å²) in [6, 6.07) is 10.8. The van der Waals surface area contributed by atoms with E-state index in [1.54, 1.807) is 36.7 Å². The van der Waals surface area contributed by atoms with E-state index in [0.29, 0.717) is 12.1 Å². The van der Waals surface area contributed by atoms with E-state index in [0.717, 1.165) is 17.5 Å². The van der Waals surface area contributed by atoms with E-state index in [4.69, 9.17) is 0 Å². The number of aliphatic hydroxyl groups is 1. The fourth-order valence-corrected chi connectivity index (χ4v) is 1.99. The van der Waals surface area contributed by atoms with Gasteiger partial charge in [0.1, 0.15) is 0 Å². The monoisotopic (exact) mass is 270 g/mol. The summed E-state index contributed by atoms with van der Waals surface area (Å²) in [5.74, 6) is -0.372. The fraction of sp³-hybridized carbons (Fsp3) is 0.250. The third-order valence-corrected chi connectivity index (χ3v) is 3.19. The molecule has 1 heterocycles. The predicted octanol–water partition coefficient (Wildman–Crippen LogP) is 1.78. The van der Waals surface area contributed by atoms with Crippen LogP contribution in [0.4, 0.5) is 0 Å². The van der Waals surface area contributed by atoms with Gasteiger partial charge in [-0.2, -0.15) is 0 Å². The van der Waals surface area contributed by atoms with E-state index in [2.05, 4.69) is 10.3 Å². The summed E-state index contributed by atoms with van der Waals surface area (Å²) >= 11 is 0. The Morgan fingerprint density at radius 3 is 2.75 bits per heavy atom. The van der Waals surface area contributed by atoms with Crippen LogP contribution >= 0.6 is 0 Å². The number of amides is 1. The highest BCUT2D eigenvalue weighted by Gasteiger charge is 2.16. The molecule has 2 N–H and O–H groups in total. The topological polar surface area (TPSA) is 62.2 Å². The van der Waals surface area contributed by atoms with Gasteiger partial charge in [-0.25, -0.2) is 0 Å². The molecule has 0 radical (unpaired) electrons. The molecule has 1 atom stereocenters. The first-order valence-electron chi connectivity index (χ1n) is 6.58. The summed E-state index contributed by atoms with van der Waals surface area (Å²) in [5, 5.41) is 12.7. The van der Waals surface area contributed by atoms with Gasteiger partial charge in [-0.05, 0) is 36.1 Å². The summed E-state index contributed by atoms with van der Waals surface area (Å²) in [6.07, 6.45) is 3.15. The lowest BCUT2D eigenvalue weighted by Crippen LogP contribution is -2.31. The number of carbonyl (C=O) groups excluding carboxylic acids is 1. The molecule has 0 aliphatic heterocycles. The molecule has 0 fully saturated rings. The fourth-order valence-electron chi connectivity index (χ4n) is 1.99. The second-order valence-electron chi connectivity index (χ2n) is 4.66. The molecule has 0 bridgehead atoms.